The summed E-state index contributed by atoms with van der Waals surface area (Å²) in [5.41, 5.74) is 7.24. The first kappa shape index (κ1) is 20.3. The number of hydrogen-bond acceptors (Lipinski definition) is 4. The van der Waals surface area contributed by atoms with E-state index in [2.05, 4.69) is 61.2 Å². The van der Waals surface area contributed by atoms with Gasteiger partial charge in [0.05, 0.1) is 4.92 Å². The zero-order valence-corrected chi connectivity index (χ0v) is 16.6. The smallest absolute Gasteiger partial charge is 0.306 e. The second kappa shape index (κ2) is 7.90. The van der Waals surface area contributed by atoms with Crippen LogP contribution in [0, 0.1) is 16.0 Å². The lowest BCUT2D eigenvalue weighted by Gasteiger charge is -2.19. The molecule has 0 aliphatic heterocycles. The second-order valence-corrected chi connectivity index (χ2v) is 8.20. The normalized spacial score (nSPS) is 17.9. The fourth-order valence-corrected chi connectivity index (χ4v) is 3.15. The van der Waals surface area contributed by atoms with Crippen molar-refractivity contribution in [2.45, 2.75) is 38.5 Å². The van der Waals surface area contributed by atoms with Crippen LogP contribution in [0.2, 0.25) is 0 Å². The van der Waals surface area contributed by atoms with Crippen LogP contribution in [0.4, 0.5) is 16.2 Å². The molecule has 1 fully saturated rings. The molecule has 3 rings (SSSR count). The van der Waals surface area contributed by atoms with E-state index in [1.54, 1.807) is 0 Å². The van der Waals surface area contributed by atoms with Crippen LogP contribution in [-0.2, 0) is 10.2 Å². The van der Waals surface area contributed by atoms with Crippen LogP contribution < -0.4 is 16.2 Å². The van der Waals surface area contributed by atoms with Gasteiger partial charge in [-0.1, -0.05) is 51.1 Å². The number of nitrogens with zero attached hydrogens (tertiary/aromatic N) is 1. The van der Waals surface area contributed by atoms with Crippen molar-refractivity contribution in [1.29, 1.82) is 0 Å². The van der Waals surface area contributed by atoms with Gasteiger partial charge in [-0.3, -0.25) is 20.3 Å². The maximum atomic E-state index is 12.3. The lowest BCUT2D eigenvalue weighted by atomic mass is 9.86. The van der Waals surface area contributed by atoms with E-state index in [0.717, 1.165) is 12.0 Å². The average molecular weight is 396 g/mol. The molecular formula is C21H24N4O4. The van der Waals surface area contributed by atoms with E-state index in [0.29, 0.717) is 0 Å². The molecule has 1 aliphatic carbocycles. The van der Waals surface area contributed by atoms with Gasteiger partial charge in [0, 0.05) is 23.7 Å². The Labute approximate surface area is 168 Å². The number of nitro benzene ring substituents is 1. The first-order valence-electron chi connectivity index (χ1n) is 9.37. The second-order valence-electron chi connectivity index (χ2n) is 8.20. The molecule has 8 heteroatoms. The van der Waals surface area contributed by atoms with Gasteiger partial charge in [0.1, 0.15) is 0 Å². The topological polar surface area (TPSA) is 113 Å². The predicted molar refractivity (Wildman–Crippen MR) is 109 cm³/mol. The molecule has 1 saturated carbocycles. The van der Waals surface area contributed by atoms with E-state index in [9.17, 15) is 19.7 Å². The number of carbonyl (C=O) groups is 2. The molecule has 2 aromatic carbocycles. The summed E-state index contributed by atoms with van der Waals surface area (Å²) in [6.07, 6.45) is 0.731. The van der Waals surface area contributed by atoms with E-state index >= 15 is 0 Å². The van der Waals surface area contributed by atoms with Crippen LogP contribution in [0.5, 0.6) is 0 Å². The van der Waals surface area contributed by atoms with Gasteiger partial charge in [-0.15, -0.1) is 0 Å². The fraction of sp³-hybridized carbons (Fsp3) is 0.333. The Balaban J connectivity index is 1.48. The van der Waals surface area contributed by atoms with Crippen LogP contribution in [0.3, 0.4) is 0 Å². The summed E-state index contributed by atoms with van der Waals surface area (Å²) >= 11 is 0. The SMILES string of the molecule is CC(C)(C)c1ccc(C2CC2C(=O)NNC(=O)Nc2cccc([N+](=O)[O-])c2)cc1. The van der Waals surface area contributed by atoms with Gasteiger partial charge in [-0.05, 0) is 34.9 Å². The Morgan fingerprint density at radius 1 is 1.07 bits per heavy atom. The van der Waals surface area contributed by atoms with E-state index in [1.807, 2.05) is 0 Å². The number of non-ortho nitro benzene ring substituents is 1. The number of anilines is 1. The molecule has 0 saturated heterocycles. The first-order valence-corrected chi connectivity index (χ1v) is 9.37. The Hall–Kier alpha value is -3.42. The van der Waals surface area contributed by atoms with Gasteiger partial charge >= 0.3 is 6.03 Å². The molecule has 0 bridgehead atoms. The number of hydrazine groups is 1. The van der Waals surface area contributed by atoms with E-state index in [-0.39, 0.29) is 34.5 Å². The number of urea groups is 1. The monoisotopic (exact) mass is 396 g/mol. The number of nitrogens with one attached hydrogen (secondary N) is 3. The number of nitro groups is 1. The highest BCUT2D eigenvalue weighted by molar-refractivity contribution is 5.92. The minimum atomic E-state index is -0.675. The van der Waals surface area contributed by atoms with Gasteiger partial charge in [0.15, 0.2) is 0 Å². The van der Waals surface area contributed by atoms with Gasteiger partial charge in [-0.2, -0.15) is 0 Å². The van der Waals surface area contributed by atoms with Crippen LogP contribution in [0.1, 0.15) is 44.2 Å². The Morgan fingerprint density at radius 3 is 2.38 bits per heavy atom. The lowest BCUT2D eigenvalue weighted by molar-refractivity contribution is -0.384. The Morgan fingerprint density at radius 2 is 1.76 bits per heavy atom. The third kappa shape index (κ3) is 5.10. The van der Waals surface area contributed by atoms with Crippen molar-refractivity contribution in [2.24, 2.45) is 5.92 Å². The molecule has 2 unspecified atom stereocenters. The zero-order valence-electron chi connectivity index (χ0n) is 16.6. The molecule has 152 valence electrons. The van der Waals surface area contributed by atoms with Crippen LogP contribution in [-0.4, -0.2) is 16.9 Å². The van der Waals surface area contributed by atoms with Crippen LogP contribution in [0.25, 0.3) is 0 Å². The van der Waals surface area contributed by atoms with Gasteiger partial charge in [0.2, 0.25) is 5.91 Å². The minimum Gasteiger partial charge on any atom is -0.306 e. The lowest BCUT2D eigenvalue weighted by Crippen LogP contribution is -2.44. The van der Waals surface area contributed by atoms with Crippen LogP contribution in [0.15, 0.2) is 48.5 Å². The maximum absolute atomic E-state index is 12.3. The summed E-state index contributed by atoms with van der Waals surface area (Å²) in [5, 5.41) is 13.2. The van der Waals surface area contributed by atoms with Crippen molar-refractivity contribution in [3.8, 4) is 0 Å². The van der Waals surface area contributed by atoms with Crippen molar-refractivity contribution in [3.05, 3.63) is 69.8 Å². The van der Waals surface area contributed by atoms with E-state index in [4.69, 9.17) is 0 Å². The first-order chi connectivity index (χ1) is 13.6. The molecule has 3 N–H and O–H groups in total. The van der Waals surface area contributed by atoms with E-state index < -0.39 is 11.0 Å². The van der Waals surface area contributed by atoms with E-state index in [1.165, 1.54) is 29.8 Å². The van der Waals surface area contributed by atoms with Gasteiger partial charge in [0.25, 0.3) is 5.69 Å². The highest BCUT2D eigenvalue weighted by Crippen LogP contribution is 2.47. The third-order valence-electron chi connectivity index (χ3n) is 4.95. The zero-order chi connectivity index (χ0) is 21.2. The van der Waals surface area contributed by atoms with Crippen LogP contribution >= 0.6 is 0 Å². The maximum Gasteiger partial charge on any atom is 0.337 e. The molecule has 29 heavy (non-hydrogen) atoms. The number of amides is 3. The van der Waals surface area contributed by atoms with Gasteiger partial charge in [-0.25, -0.2) is 10.2 Å². The van der Waals surface area contributed by atoms with Crippen molar-refractivity contribution < 1.29 is 14.5 Å². The van der Waals surface area contributed by atoms with Crippen molar-refractivity contribution >= 4 is 23.3 Å². The molecule has 1 aliphatic rings. The standard InChI is InChI=1S/C21H24N4O4/c1-21(2,3)14-9-7-13(8-10-14)17-12-18(17)19(26)23-24-20(27)22-15-5-4-6-16(11-15)25(28)29/h4-11,17-18H,12H2,1-3H3,(H,23,26)(H2,22,24,27). The summed E-state index contributed by atoms with van der Waals surface area (Å²) < 4.78 is 0. The molecule has 0 radical (unpaired) electrons. The minimum absolute atomic E-state index is 0.0787. The van der Waals surface area contributed by atoms with Crippen molar-refractivity contribution in [2.75, 3.05) is 5.32 Å². The number of hydrogen-bond donors (Lipinski definition) is 3. The molecule has 3 amide bonds. The van der Waals surface area contributed by atoms with Gasteiger partial charge < -0.3 is 5.32 Å². The third-order valence-corrected chi connectivity index (χ3v) is 4.95. The molecule has 8 nitrogen and oxygen atoms in total. The van der Waals surface area contributed by atoms with Crippen molar-refractivity contribution in [3.63, 3.8) is 0 Å². The average Bonchev–Trinajstić information content (AvgIpc) is 3.46. The largest absolute Gasteiger partial charge is 0.337 e. The number of rotatable bonds is 4. The van der Waals surface area contributed by atoms with Crippen molar-refractivity contribution in [1.82, 2.24) is 10.9 Å². The summed E-state index contributed by atoms with van der Waals surface area (Å²) in [7, 11) is 0. The predicted octanol–water partition coefficient (Wildman–Crippen LogP) is 3.85. The fourth-order valence-electron chi connectivity index (χ4n) is 3.15. The Bertz CT molecular complexity index is 934. The number of benzene rings is 2. The molecule has 0 spiro atoms. The molecule has 2 aromatic rings. The molecule has 2 atom stereocenters. The highest BCUT2D eigenvalue weighted by atomic mass is 16.6. The summed E-state index contributed by atoms with van der Waals surface area (Å²) in [6.45, 7) is 6.46. The summed E-state index contributed by atoms with van der Waals surface area (Å²) in [4.78, 5) is 34.4. The Kier molecular flexibility index (Phi) is 5.54. The summed E-state index contributed by atoms with van der Waals surface area (Å²) in [5.74, 6) is -0.302. The number of carbonyl (C=O) groups excluding carboxylic acids is 2. The highest BCUT2D eigenvalue weighted by Gasteiger charge is 2.44. The molecular weight excluding hydrogens is 372 g/mol. The summed E-state index contributed by atoms with van der Waals surface area (Å²) in [6, 6.07) is 13.2. The molecule has 0 aromatic heterocycles. The molecule has 0 heterocycles. The quantitative estimate of drug-likeness (QED) is 0.538.